The second-order valence-electron chi connectivity index (χ2n) is 6.55. The van der Waals surface area contributed by atoms with E-state index in [-0.39, 0.29) is 11.6 Å². The van der Waals surface area contributed by atoms with Crippen molar-refractivity contribution in [3.63, 3.8) is 0 Å². The van der Waals surface area contributed by atoms with Crippen LogP contribution in [-0.4, -0.2) is 43.0 Å². The normalized spacial score (nSPS) is 14.4. The smallest absolute Gasteiger partial charge is 0.253 e. The van der Waals surface area contributed by atoms with Gasteiger partial charge in [0.2, 0.25) is 0 Å². The summed E-state index contributed by atoms with van der Waals surface area (Å²) < 4.78 is 14.1. The van der Waals surface area contributed by atoms with Crippen LogP contribution in [0.15, 0.2) is 30.5 Å². The van der Waals surface area contributed by atoms with Gasteiger partial charge in [0.1, 0.15) is 11.6 Å². The van der Waals surface area contributed by atoms with Crippen LogP contribution in [0.25, 0.3) is 0 Å². The fourth-order valence-corrected chi connectivity index (χ4v) is 3.09. The maximum atomic E-state index is 14.1. The fraction of sp³-hybridized carbons (Fsp3) is 0.316. The van der Waals surface area contributed by atoms with E-state index < -0.39 is 17.6 Å². The van der Waals surface area contributed by atoms with Gasteiger partial charge in [0, 0.05) is 31.0 Å². The van der Waals surface area contributed by atoms with Crippen LogP contribution in [0, 0.1) is 5.82 Å². The third-order valence-corrected chi connectivity index (χ3v) is 4.58. The Hall–Kier alpha value is -3.20. The molecule has 0 radical (unpaired) electrons. The molecule has 3 rings (SSSR count). The molecule has 6 N–H and O–H groups in total. The number of hydrogen-bond acceptors (Lipinski definition) is 6. The SMILES string of the molecule is CNC(=O)c1ccc(Nc2cc(NC3CCNCC3)c(C(N)=O)cn2)cc1F. The average molecular weight is 386 g/mol. The zero-order chi connectivity index (χ0) is 20.1. The molecule has 2 heterocycles. The Bertz CT molecular complexity index is 883. The average Bonchev–Trinajstić information content (AvgIpc) is 2.68. The molecule has 1 aliphatic heterocycles. The molecule has 2 aromatic rings. The van der Waals surface area contributed by atoms with E-state index in [2.05, 4.69) is 26.3 Å². The molecule has 1 aliphatic rings. The summed E-state index contributed by atoms with van der Waals surface area (Å²) >= 11 is 0. The number of anilines is 3. The summed E-state index contributed by atoms with van der Waals surface area (Å²) in [7, 11) is 1.44. The number of rotatable bonds is 6. The molecule has 0 aliphatic carbocycles. The van der Waals surface area contributed by atoms with E-state index in [4.69, 9.17) is 5.73 Å². The molecule has 0 atom stereocenters. The molecular formula is C19H23FN6O2. The van der Waals surface area contributed by atoms with Crippen molar-refractivity contribution >= 4 is 29.0 Å². The lowest BCUT2D eigenvalue weighted by Gasteiger charge is -2.25. The Morgan fingerprint density at radius 1 is 1.21 bits per heavy atom. The number of aromatic nitrogens is 1. The molecule has 1 aromatic heterocycles. The lowest BCUT2D eigenvalue weighted by Crippen LogP contribution is -2.35. The number of primary amides is 1. The first-order valence-electron chi connectivity index (χ1n) is 9.03. The summed E-state index contributed by atoms with van der Waals surface area (Å²) in [6, 6.07) is 6.08. The first kappa shape index (κ1) is 19.6. The summed E-state index contributed by atoms with van der Waals surface area (Å²) in [4.78, 5) is 27.5. The molecular weight excluding hydrogens is 363 g/mol. The van der Waals surface area contributed by atoms with Gasteiger partial charge in [0.05, 0.1) is 16.8 Å². The van der Waals surface area contributed by atoms with Crippen molar-refractivity contribution in [2.24, 2.45) is 5.73 Å². The van der Waals surface area contributed by atoms with Gasteiger partial charge in [0.15, 0.2) is 0 Å². The van der Waals surface area contributed by atoms with Gasteiger partial charge in [-0.15, -0.1) is 0 Å². The van der Waals surface area contributed by atoms with Crippen LogP contribution in [0.2, 0.25) is 0 Å². The molecule has 1 saturated heterocycles. The predicted molar refractivity (Wildman–Crippen MR) is 105 cm³/mol. The lowest BCUT2D eigenvalue weighted by atomic mass is 10.1. The number of pyridine rings is 1. The topological polar surface area (TPSA) is 121 Å². The molecule has 28 heavy (non-hydrogen) atoms. The Morgan fingerprint density at radius 3 is 2.61 bits per heavy atom. The van der Waals surface area contributed by atoms with Crippen molar-refractivity contribution in [2.75, 3.05) is 30.8 Å². The maximum absolute atomic E-state index is 14.1. The van der Waals surface area contributed by atoms with Gasteiger partial charge in [-0.3, -0.25) is 9.59 Å². The molecule has 2 amide bonds. The van der Waals surface area contributed by atoms with E-state index in [1.165, 1.54) is 25.4 Å². The van der Waals surface area contributed by atoms with Gasteiger partial charge in [0.25, 0.3) is 11.8 Å². The summed E-state index contributed by atoms with van der Waals surface area (Å²) in [5, 5.41) is 12.0. The first-order valence-corrected chi connectivity index (χ1v) is 9.03. The molecule has 1 fully saturated rings. The van der Waals surface area contributed by atoms with Crippen LogP contribution in [0.3, 0.4) is 0 Å². The van der Waals surface area contributed by atoms with Crippen LogP contribution in [0.1, 0.15) is 33.6 Å². The van der Waals surface area contributed by atoms with Crippen molar-refractivity contribution in [1.29, 1.82) is 0 Å². The minimum absolute atomic E-state index is 0.0432. The molecule has 1 aromatic carbocycles. The van der Waals surface area contributed by atoms with Crippen LogP contribution in [0.5, 0.6) is 0 Å². The number of halogens is 1. The number of nitrogens with zero attached hydrogens (tertiary/aromatic N) is 1. The van der Waals surface area contributed by atoms with Crippen LogP contribution < -0.4 is 27.0 Å². The summed E-state index contributed by atoms with van der Waals surface area (Å²) in [6.45, 7) is 1.80. The number of hydrogen-bond donors (Lipinski definition) is 5. The standard InChI is InChI=1S/C19H23FN6O2/c1-22-19(28)13-3-2-12(8-15(13)20)26-17-9-16(14(10-24-17)18(21)27)25-11-4-6-23-7-5-11/h2-3,8-11,23H,4-7H2,1H3,(H2,21,27)(H,22,28)(H2,24,25,26). The van der Waals surface area contributed by atoms with Gasteiger partial charge >= 0.3 is 0 Å². The van der Waals surface area contributed by atoms with Crippen LogP contribution in [-0.2, 0) is 0 Å². The quantitative estimate of drug-likeness (QED) is 0.514. The number of nitrogens with one attached hydrogen (secondary N) is 4. The Kier molecular flexibility index (Phi) is 6.05. The Balaban J connectivity index is 1.82. The lowest BCUT2D eigenvalue weighted by molar-refractivity contribution is 0.0957. The number of amides is 2. The number of benzene rings is 1. The van der Waals surface area contributed by atoms with Crippen molar-refractivity contribution in [2.45, 2.75) is 18.9 Å². The zero-order valence-corrected chi connectivity index (χ0v) is 15.5. The minimum atomic E-state index is -0.647. The van der Waals surface area contributed by atoms with Gasteiger partial charge in [-0.2, -0.15) is 0 Å². The van der Waals surface area contributed by atoms with E-state index in [1.54, 1.807) is 12.1 Å². The van der Waals surface area contributed by atoms with E-state index >= 15 is 0 Å². The number of carbonyl (C=O) groups is 2. The van der Waals surface area contributed by atoms with Crippen LogP contribution >= 0.6 is 0 Å². The van der Waals surface area contributed by atoms with E-state index in [0.29, 0.717) is 22.8 Å². The molecule has 0 unspecified atom stereocenters. The largest absolute Gasteiger partial charge is 0.381 e. The Labute approximate surface area is 162 Å². The van der Waals surface area contributed by atoms with Gasteiger partial charge in [-0.05, 0) is 44.1 Å². The third-order valence-electron chi connectivity index (χ3n) is 4.58. The van der Waals surface area contributed by atoms with Gasteiger partial charge < -0.3 is 27.0 Å². The second-order valence-corrected chi connectivity index (χ2v) is 6.55. The number of carbonyl (C=O) groups excluding carboxylic acids is 2. The fourth-order valence-electron chi connectivity index (χ4n) is 3.09. The minimum Gasteiger partial charge on any atom is -0.381 e. The summed E-state index contributed by atoms with van der Waals surface area (Å²) in [5.74, 6) is -1.29. The van der Waals surface area contributed by atoms with E-state index in [1.807, 2.05) is 0 Å². The van der Waals surface area contributed by atoms with Crippen molar-refractivity contribution in [1.82, 2.24) is 15.6 Å². The third kappa shape index (κ3) is 4.55. The zero-order valence-electron chi connectivity index (χ0n) is 15.5. The van der Waals surface area contributed by atoms with Crippen molar-refractivity contribution in [3.8, 4) is 0 Å². The molecule has 9 heteroatoms. The molecule has 0 spiro atoms. The molecule has 8 nitrogen and oxygen atoms in total. The molecule has 0 saturated carbocycles. The number of piperidine rings is 1. The Morgan fingerprint density at radius 2 is 1.96 bits per heavy atom. The highest BCUT2D eigenvalue weighted by Gasteiger charge is 2.17. The monoisotopic (exact) mass is 386 g/mol. The molecule has 148 valence electrons. The van der Waals surface area contributed by atoms with Crippen LogP contribution in [0.4, 0.5) is 21.6 Å². The highest BCUT2D eigenvalue weighted by Crippen LogP contribution is 2.24. The van der Waals surface area contributed by atoms with Gasteiger partial charge in [-0.1, -0.05) is 0 Å². The predicted octanol–water partition coefficient (Wildman–Crippen LogP) is 1.59. The van der Waals surface area contributed by atoms with Crippen molar-refractivity contribution < 1.29 is 14.0 Å². The summed E-state index contributed by atoms with van der Waals surface area (Å²) in [5.41, 5.74) is 6.73. The highest BCUT2D eigenvalue weighted by atomic mass is 19.1. The first-order chi connectivity index (χ1) is 13.5. The second kappa shape index (κ2) is 8.66. The van der Waals surface area contributed by atoms with E-state index in [9.17, 15) is 14.0 Å². The van der Waals surface area contributed by atoms with Crippen molar-refractivity contribution in [3.05, 3.63) is 47.4 Å². The molecule has 0 bridgehead atoms. The highest BCUT2D eigenvalue weighted by molar-refractivity contribution is 5.98. The van der Waals surface area contributed by atoms with Gasteiger partial charge in [-0.25, -0.2) is 9.37 Å². The summed E-state index contributed by atoms with van der Waals surface area (Å²) in [6.07, 6.45) is 3.24. The van der Waals surface area contributed by atoms with E-state index in [0.717, 1.165) is 25.9 Å². The number of nitrogens with two attached hydrogens (primary N) is 1. The maximum Gasteiger partial charge on any atom is 0.253 e.